The number of nitrogens with zero attached hydrogens (tertiary/aromatic N) is 3. The number of aryl methyl sites for hydroxylation is 2. The highest BCUT2D eigenvalue weighted by molar-refractivity contribution is 7.99. The monoisotopic (exact) mass is 327 g/mol. The summed E-state index contributed by atoms with van der Waals surface area (Å²) in [5, 5.41) is 13.8. The third-order valence-electron chi connectivity index (χ3n) is 2.90. The van der Waals surface area contributed by atoms with Crippen molar-refractivity contribution in [3.63, 3.8) is 0 Å². The summed E-state index contributed by atoms with van der Waals surface area (Å²) in [6.45, 7) is 0. The Labute approximate surface area is 128 Å². The quantitative estimate of drug-likeness (QED) is 0.870. The maximum Gasteiger partial charge on any atom is 0.313 e. The van der Waals surface area contributed by atoms with Gasteiger partial charge in [0.15, 0.2) is 11.0 Å². The Morgan fingerprint density at radius 3 is 3.20 bits per heavy atom. The maximum atomic E-state index is 10.6. The summed E-state index contributed by atoms with van der Waals surface area (Å²) in [4.78, 5) is 17.6. The van der Waals surface area contributed by atoms with E-state index in [1.807, 2.05) is 11.8 Å². The number of thiophene rings is 1. The van der Waals surface area contributed by atoms with E-state index < -0.39 is 5.97 Å². The highest BCUT2D eigenvalue weighted by Crippen LogP contribution is 2.36. The molecule has 8 heteroatoms. The van der Waals surface area contributed by atoms with Crippen molar-refractivity contribution in [2.24, 2.45) is 7.05 Å². The minimum Gasteiger partial charge on any atom is -0.481 e. The molecule has 0 bridgehead atoms. The maximum absolute atomic E-state index is 10.6. The summed E-state index contributed by atoms with van der Waals surface area (Å²) in [6, 6.07) is 2.17. The molecule has 0 saturated heterocycles. The average molecular weight is 327 g/mol. The SMILES string of the molecule is Cn1nc(-c2cc3c(s2)CCSC3)nc1SCC(=O)O. The molecule has 0 unspecified atom stereocenters. The Morgan fingerprint density at radius 2 is 2.45 bits per heavy atom. The van der Waals surface area contributed by atoms with Crippen LogP contribution in [0.4, 0.5) is 0 Å². The first-order valence-corrected chi connectivity index (χ1v) is 9.04. The van der Waals surface area contributed by atoms with Gasteiger partial charge in [0.25, 0.3) is 0 Å². The first-order chi connectivity index (χ1) is 9.63. The van der Waals surface area contributed by atoms with Crippen LogP contribution in [0.1, 0.15) is 10.4 Å². The van der Waals surface area contributed by atoms with E-state index in [1.54, 1.807) is 23.1 Å². The minimum atomic E-state index is -0.844. The molecule has 0 spiro atoms. The molecule has 0 atom stereocenters. The van der Waals surface area contributed by atoms with E-state index in [4.69, 9.17) is 5.11 Å². The Balaban J connectivity index is 1.85. The number of hydrogen-bond donors (Lipinski definition) is 1. The van der Waals surface area contributed by atoms with Crippen LogP contribution in [-0.4, -0.2) is 37.3 Å². The number of carbonyl (C=O) groups is 1. The third-order valence-corrected chi connectivity index (χ3v) is 6.14. The molecule has 0 aliphatic carbocycles. The molecule has 20 heavy (non-hydrogen) atoms. The molecule has 0 saturated carbocycles. The lowest BCUT2D eigenvalue weighted by Gasteiger charge is -2.08. The van der Waals surface area contributed by atoms with Crippen molar-refractivity contribution in [2.45, 2.75) is 17.3 Å². The Bertz CT molecular complexity index is 627. The van der Waals surface area contributed by atoms with Gasteiger partial charge in [-0.25, -0.2) is 9.67 Å². The predicted octanol–water partition coefficient (Wildman–Crippen LogP) is 2.51. The van der Waals surface area contributed by atoms with Crippen molar-refractivity contribution in [3.8, 4) is 10.7 Å². The van der Waals surface area contributed by atoms with E-state index in [1.165, 1.54) is 28.0 Å². The van der Waals surface area contributed by atoms with E-state index in [0.29, 0.717) is 11.0 Å². The standard InChI is InChI=1S/C12H13N3O2S3/c1-15-12(19-6-10(16)17)13-11(14-15)9-4-7-5-18-3-2-8(7)20-9/h4H,2-3,5-6H2,1H3,(H,16,17). The number of carboxylic acids is 1. The number of thioether (sulfide) groups is 2. The summed E-state index contributed by atoms with van der Waals surface area (Å²) in [5.74, 6) is 2.11. The molecule has 0 fully saturated rings. The largest absolute Gasteiger partial charge is 0.481 e. The van der Waals surface area contributed by atoms with E-state index in [2.05, 4.69) is 16.1 Å². The summed E-state index contributed by atoms with van der Waals surface area (Å²) < 4.78 is 1.65. The van der Waals surface area contributed by atoms with Crippen molar-refractivity contribution >= 4 is 40.8 Å². The molecule has 1 aliphatic rings. The van der Waals surface area contributed by atoms with Crippen LogP contribution in [0, 0.1) is 0 Å². The minimum absolute atomic E-state index is 0.00353. The molecule has 106 valence electrons. The van der Waals surface area contributed by atoms with Crippen LogP contribution < -0.4 is 0 Å². The lowest BCUT2D eigenvalue weighted by atomic mass is 10.2. The number of hydrogen-bond acceptors (Lipinski definition) is 6. The van der Waals surface area contributed by atoms with Crippen LogP contribution in [-0.2, 0) is 24.0 Å². The summed E-state index contributed by atoms with van der Waals surface area (Å²) in [7, 11) is 1.80. The van der Waals surface area contributed by atoms with E-state index in [-0.39, 0.29) is 5.75 Å². The molecular weight excluding hydrogens is 314 g/mol. The van der Waals surface area contributed by atoms with Crippen LogP contribution in [0.5, 0.6) is 0 Å². The van der Waals surface area contributed by atoms with Gasteiger partial charge in [0.1, 0.15) is 0 Å². The fourth-order valence-electron chi connectivity index (χ4n) is 1.98. The molecule has 0 radical (unpaired) electrons. The number of fused-ring (bicyclic) bond motifs is 1. The molecule has 2 aromatic rings. The van der Waals surface area contributed by atoms with Crippen molar-refractivity contribution in [3.05, 3.63) is 16.5 Å². The highest BCUT2D eigenvalue weighted by Gasteiger charge is 2.18. The predicted molar refractivity (Wildman–Crippen MR) is 82.5 cm³/mol. The smallest absolute Gasteiger partial charge is 0.313 e. The molecule has 2 aromatic heterocycles. The zero-order chi connectivity index (χ0) is 14.1. The van der Waals surface area contributed by atoms with Gasteiger partial charge in [0, 0.05) is 17.7 Å². The normalized spacial score (nSPS) is 14.2. The second-order valence-electron chi connectivity index (χ2n) is 4.39. The van der Waals surface area contributed by atoms with Crippen LogP contribution in [0.25, 0.3) is 10.7 Å². The molecular formula is C12H13N3O2S3. The molecule has 1 N–H and O–H groups in total. The fraction of sp³-hybridized carbons (Fsp3) is 0.417. The molecule has 5 nitrogen and oxygen atoms in total. The van der Waals surface area contributed by atoms with Gasteiger partial charge in [-0.05, 0) is 23.8 Å². The lowest BCUT2D eigenvalue weighted by molar-refractivity contribution is -0.133. The summed E-state index contributed by atoms with van der Waals surface area (Å²) in [6.07, 6.45) is 1.12. The van der Waals surface area contributed by atoms with Gasteiger partial charge >= 0.3 is 5.97 Å². The van der Waals surface area contributed by atoms with Crippen molar-refractivity contribution in [2.75, 3.05) is 11.5 Å². The second kappa shape index (κ2) is 5.79. The Hall–Kier alpha value is -0.990. The first kappa shape index (κ1) is 14.0. The van der Waals surface area contributed by atoms with Crippen molar-refractivity contribution < 1.29 is 9.90 Å². The van der Waals surface area contributed by atoms with E-state index in [0.717, 1.165) is 17.1 Å². The zero-order valence-corrected chi connectivity index (χ0v) is 13.3. The topological polar surface area (TPSA) is 68.0 Å². The third kappa shape index (κ3) is 2.87. The van der Waals surface area contributed by atoms with E-state index >= 15 is 0 Å². The van der Waals surface area contributed by atoms with Crippen LogP contribution >= 0.6 is 34.9 Å². The number of aromatic nitrogens is 3. The summed E-state index contributed by atoms with van der Waals surface area (Å²) >= 11 is 4.91. The van der Waals surface area contributed by atoms with Crippen LogP contribution in [0.3, 0.4) is 0 Å². The van der Waals surface area contributed by atoms with Gasteiger partial charge < -0.3 is 5.11 Å². The van der Waals surface area contributed by atoms with Crippen molar-refractivity contribution in [1.82, 2.24) is 14.8 Å². The first-order valence-electron chi connectivity index (χ1n) is 6.09. The zero-order valence-electron chi connectivity index (χ0n) is 10.8. The second-order valence-corrected chi connectivity index (χ2v) is 7.57. The van der Waals surface area contributed by atoms with E-state index in [9.17, 15) is 4.79 Å². The lowest BCUT2D eigenvalue weighted by Crippen LogP contribution is -2.00. The average Bonchev–Trinajstić information content (AvgIpc) is 2.99. The molecule has 0 aromatic carbocycles. The Kier molecular flexibility index (Phi) is 4.04. The van der Waals surface area contributed by atoms with Gasteiger partial charge in [0.05, 0.1) is 10.6 Å². The van der Waals surface area contributed by atoms with Gasteiger partial charge in [-0.1, -0.05) is 11.8 Å². The molecule has 0 amide bonds. The molecule has 3 rings (SSSR count). The molecule has 3 heterocycles. The molecule has 1 aliphatic heterocycles. The van der Waals surface area contributed by atoms with Gasteiger partial charge in [-0.3, -0.25) is 4.79 Å². The number of carboxylic acid groups (broad SMARTS) is 1. The summed E-state index contributed by atoms with van der Waals surface area (Å²) in [5.41, 5.74) is 1.40. The van der Waals surface area contributed by atoms with Gasteiger partial charge in [-0.2, -0.15) is 11.8 Å². The number of rotatable bonds is 4. The highest BCUT2D eigenvalue weighted by atomic mass is 32.2. The van der Waals surface area contributed by atoms with Gasteiger partial charge in [0.2, 0.25) is 0 Å². The van der Waals surface area contributed by atoms with Crippen molar-refractivity contribution in [1.29, 1.82) is 0 Å². The number of aliphatic carboxylic acids is 1. The van der Waals surface area contributed by atoms with Crippen LogP contribution in [0.2, 0.25) is 0 Å². The Morgan fingerprint density at radius 1 is 1.60 bits per heavy atom. The van der Waals surface area contributed by atoms with Crippen LogP contribution in [0.15, 0.2) is 11.2 Å². The fourth-order valence-corrected chi connectivity index (χ4v) is 4.92. The van der Waals surface area contributed by atoms with Gasteiger partial charge in [-0.15, -0.1) is 16.4 Å².